The zero-order valence-electron chi connectivity index (χ0n) is 10.8. The fraction of sp³-hybridized carbons (Fsp3) is 1.00. The fourth-order valence-electron chi connectivity index (χ4n) is 2.11. The van der Waals surface area contributed by atoms with Crippen LogP contribution in [-0.4, -0.2) is 22.8 Å². The summed E-state index contributed by atoms with van der Waals surface area (Å²) in [6.45, 7) is 14.9. The van der Waals surface area contributed by atoms with Crippen molar-refractivity contribution in [1.29, 1.82) is 0 Å². The van der Waals surface area contributed by atoms with Gasteiger partial charge >= 0.3 is 0 Å². The Morgan fingerprint density at radius 3 is 1.79 bits per heavy atom. The Morgan fingerprint density at radius 1 is 1.07 bits per heavy atom. The Labute approximate surface area is 89.1 Å². The van der Waals surface area contributed by atoms with Gasteiger partial charge in [-0.3, -0.25) is 0 Å². The first-order valence-electron chi connectivity index (χ1n) is 5.49. The molecule has 0 heterocycles. The van der Waals surface area contributed by atoms with Crippen molar-refractivity contribution in [2.45, 2.75) is 72.6 Å². The molecular weight excluding hydrogens is 174 g/mol. The molecule has 0 bridgehead atoms. The van der Waals surface area contributed by atoms with Crippen molar-refractivity contribution in [1.82, 2.24) is 5.32 Å². The van der Waals surface area contributed by atoms with E-state index in [2.05, 4.69) is 39.9 Å². The van der Waals surface area contributed by atoms with Crippen molar-refractivity contribution >= 4 is 0 Å². The minimum atomic E-state index is -0.297. The van der Waals surface area contributed by atoms with Gasteiger partial charge in [-0.1, -0.05) is 20.8 Å². The van der Waals surface area contributed by atoms with Crippen LogP contribution in [0.15, 0.2) is 0 Å². The summed E-state index contributed by atoms with van der Waals surface area (Å²) in [5.74, 6) is 0. The first-order valence-corrected chi connectivity index (χ1v) is 5.49. The molecule has 2 N–H and O–H groups in total. The fourth-order valence-corrected chi connectivity index (χ4v) is 2.11. The summed E-state index contributed by atoms with van der Waals surface area (Å²) in [4.78, 5) is 0. The molecule has 0 aromatic carbocycles. The molecule has 0 saturated carbocycles. The molecule has 0 fully saturated rings. The smallest absolute Gasteiger partial charge is 0.0662 e. The molecule has 0 rings (SSSR count). The SMILES string of the molecule is CC(O)C(C)NC(C)(C)CC(C)(C)C. The van der Waals surface area contributed by atoms with E-state index in [1.807, 2.05) is 13.8 Å². The van der Waals surface area contributed by atoms with Gasteiger partial charge in [-0.15, -0.1) is 0 Å². The summed E-state index contributed by atoms with van der Waals surface area (Å²) in [6.07, 6.45) is 0.797. The molecule has 86 valence electrons. The van der Waals surface area contributed by atoms with Gasteiger partial charge in [-0.05, 0) is 39.5 Å². The van der Waals surface area contributed by atoms with Crippen molar-refractivity contribution in [3.8, 4) is 0 Å². The number of aliphatic hydroxyl groups is 1. The zero-order valence-corrected chi connectivity index (χ0v) is 10.8. The highest BCUT2D eigenvalue weighted by Crippen LogP contribution is 2.27. The number of hydrogen-bond donors (Lipinski definition) is 2. The molecule has 0 aliphatic heterocycles. The van der Waals surface area contributed by atoms with E-state index in [-0.39, 0.29) is 17.7 Å². The van der Waals surface area contributed by atoms with E-state index in [0.717, 1.165) is 6.42 Å². The van der Waals surface area contributed by atoms with Gasteiger partial charge in [0.05, 0.1) is 6.10 Å². The maximum atomic E-state index is 9.42. The molecule has 0 radical (unpaired) electrons. The lowest BCUT2D eigenvalue weighted by molar-refractivity contribution is 0.121. The molecular formula is C12H27NO. The summed E-state index contributed by atoms with van der Waals surface area (Å²) in [5, 5.41) is 12.9. The van der Waals surface area contributed by atoms with E-state index in [1.165, 1.54) is 0 Å². The lowest BCUT2D eigenvalue weighted by Crippen LogP contribution is -2.50. The van der Waals surface area contributed by atoms with Crippen molar-refractivity contribution in [3.05, 3.63) is 0 Å². The third-order valence-electron chi connectivity index (χ3n) is 2.31. The molecule has 2 nitrogen and oxygen atoms in total. The molecule has 2 atom stereocenters. The van der Waals surface area contributed by atoms with Crippen LogP contribution in [0.4, 0.5) is 0 Å². The monoisotopic (exact) mass is 201 g/mol. The largest absolute Gasteiger partial charge is 0.392 e. The Kier molecular flexibility index (Phi) is 4.60. The second-order valence-corrected chi connectivity index (χ2v) is 6.29. The molecule has 14 heavy (non-hydrogen) atoms. The number of rotatable bonds is 4. The van der Waals surface area contributed by atoms with Crippen LogP contribution in [0.25, 0.3) is 0 Å². The normalized spacial score (nSPS) is 18.0. The van der Waals surface area contributed by atoms with Gasteiger partial charge in [0.1, 0.15) is 0 Å². The van der Waals surface area contributed by atoms with Crippen LogP contribution >= 0.6 is 0 Å². The van der Waals surface area contributed by atoms with Crippen molar-refractivity contribution in [2.24, 2.45) is 5.41 Å². The van der Waals surface area contributed by atoms with Crippen LogP contribution in [-0.2, 0) is 0 Å². The molecule has 0 aliphatic carbocycles. The molecule has 0 aromatic rings. The second kappa shape index (κ2) is 4.63. The van der Waals surface area contributed by atoms with Gasteiger partial charge in [-0.2, -0.15) is 0 Å². The topological polar surface area (TPSA) is 32.3 Å². The lowest BCUT2D eigenvalue weighted by atomic mass is 9.81. The summed E-state index contributed by atoms with van der Waals surface area (Å²) >= 11 is 0. The van der Waals surface area contributed by atoms with Crippen LogP contribution in [0.2, 0.25) is 0 Å². The van der Waals surface area contributed by atoms with Gasteiger partial charge in [0.2, 0.25) is 0 Å². The zero-order chi connectivity index (χ0) is 11.6. The number of aliphatic hydroxyl groups excluding tert-OH is 1. The summed E-state index contributed by atoms with van der Waals surface area (Å²) in [7, 11) is 0. The van der Waals surface area contributed by atoms with Crippen molar-refractivity contribution in [3.63, 3.8) is 0 Å². The molecule has 0 amide bonds. The molecule has 2 heteroatoms. The third kappa shape index (κ3) is 6.39. The minimum Gasteiger partial charge on any atom is -0.392 e. The average Bonchev–Trinajstić information content (AvgIpc) is 1.78. The molecule has 2 unspecified atom stereocenters. The van der Waals surface area contributed by atoms with E-state index in [4.69, 9.17) is 0 Å². The van der Waals surface area contributed by atoms with Crippen LogP contribution in [0.3, 0.4) is 0 Å². The maximum Gasteiger partial charge on any atom is 0.0662 e. The van der Waals surface area contributed by atoms with Gasteiger partial charge in [-0.25, -0.2) is 0 Å². The van der Waals surface area contributed by atoms with E-state index in [1.54, 1.807) is 0 Å². The van der Waals surface area contributed by atoms with Crippen molar-refractivity contribution in [2.75, 3.05) is 0 Å². The van der Waals surface area contributed by atoms with Gasteiger partial charge in [0.15, 0.2) is 0 Å². The Bertz CT molecular complexity index is 168. The van der Waals surface area contributed by atoms with Gasteiger partial charge in [0.25, 0.3) is 0 Å². The molecule has 0 saturated heterocycles. The maximum absolute atomic E-state index is 9.42. The first kappa shape index (κ1) is 13.9. The van der Waals surface area contributed by atoms with Crippen molar-refractivity contribution < 1.29 is 5.11 Å². The highest BCUT2D eigenvalue weighted by molar-refractivity contribution is 4.86. The second-order valence-electron chi connectivity index (χ2n) is 6.29. The van der Waals surface area contributed by atoms with E-state index in [0.29, 0.717) is 5.41 Å². The third-order valence-corrected chi connectivity index (χ3v) is 2.31. The number of hydrogen-bond acceptors (Lipinski definition) is 2. The van der Waals surface area contributed by atoms with Crippen LogP contribution in [0, 0.1) is 5.41 Å². The van der Waals surface area contributed by atoms with Crippen LogP contribution in [0.5, 0.6) is 0 Å². The van der Waals surface area contributed by atoms with Gasteiger partial charge in [0, 0.05) is 11.6 Å². The van der Waals surface area contributed by atoms with E-state index in [9.17, 15) is 5.11 Å². The minimum absolute atomic E-state index is 0.0780. The Hall–Kier alpha value is -0.0800. The molecule has 0 aliphatic rings. The lowest BCUT2D eigenvalue weighted by Gasteiger charge is -2.36. The first-order chi connectivity index (χ1) is 6.03. The van der Waals surface area contributed by atoms with Crippen LogP contribution < -0.4 is 5.32 Å². The average molecular weight is 201 g/mol. The predicted octanol–water partition coefficient (Wildman–Crippen LogP) is 2.56. The highest BCUT2D eigenvalue weighted by atomic mass is 16.3. The highest BCUT2D eigenvalue weighted by Gasteiger charge is 2.27. The summed E-state index contributed by atoms with van der Waals surface area (Å²) in [5.41, 5.74) is 0.392. The summed E-state index contributed by atoms with van der Waals surface area (Å²) < 4.78 is 0. The summed E-state index contributed by atoms with van der Waals surface area (Å²) in [6, 6.07) is 0.146. The predicted molar refractivity (Wildman–Crippen MR) is 62.4 cm³/mol. The standard InChI is InChI=1S/C12H27NO/c1-9(10(2)14)13-12(6,7)8-11(3,4)5/h9-10,13-14H,8H2,1-7H3. The van der Waals surface area contributed by atoms with Crippen LogP contribution in [0.1, 0.15) is 54.9 Å². The Morgan fingerprint density at radius 2 is 1.50 bits per heavy atom. The van der Waals surface area contributed by atoms with Gasteiger partial charge < -0.3 is 10.4 Å². The molecule has 0 spiro atoms. The Balaban J connectivity index is 4.20. The number of nitrogens with one attached hydrogen (secondary N) is 1. The molecule has 0 aromatic heterocycles. The quantitative estimate of drug-likeness (QED) is 0.732. The van der Waals surface area contributed by atoms with E-state index >= 15 is 0 Å². The van der Waals surface area contributed by atoms with E-state index < -0.39 is 0 Å².